The lowest BCUT2D eigenvalue weighted by molar-refractivity contribution is -0.137. The summed E-state index contributed by atoms with van der Waals surface area (Å²) in [5.41, 5.74) is -1.00. The highest BCUT2D eigenvalue weighted by molar-refractivity contribution is 5.86. The molecule has 0 unspecified atom stereocenters. The molecular formula is C9H9F3O3. The van der Waals surface area contributed by atoms with Crippen molar-refractivity contribution in [3.63, 3.8) is 0 Å². The van der Waals surface area contributed by atoms with Crippen LogP contribution in [0.2, 0.25) is 0 Å². The number of alkyl halides is 3. The Hall–Kier alpha value is -1.46. The number of hydrogen-bond acceptors (Lipinski definition) is 3. The Bertz CT molecular complexity index is 352. The Morgan fingerprint density at radius 3 is 2.47 bits per heavy atom. The molecule has 0 radical (unpaired) electrons. The van der Waals surface area contributed by atoms with E-state index in [-0.39, 0.29) is 0 Å². The SMILES string of the molecule is CC(C)OC(=O)c1cc(C(F)(F)F)co1. The molecule has 1 aromatic heterocycles. The number of carbonyl (C=O) groups is 1. The highest BCUT2D eigenvalue weighted by atomic mass is 19.4. The van der Waals surface area contributed by atoms with Gasteiger partial charge in [-0.3, -0.25) is 0 Å². The molecule has 0 N–H and O–H groups in total. The van der Waals surface area contributed by atoms with Crippen LogP contribution in [-0.4, -0.2) is 12.1 Å². The van der Waals surface area contributed by atoms with Crippen molar-refractivity contribution < 1.29 is 27.1 Å². The molecule has 3 nitrogen and oxygen atoms in total. The number of halogens is 3. The number of ether oxygens (including phenoxy) is 1. The molecule has 0 fully saturated rings. The fraction of sp³-hybridized carbons (Fsp3) is 0.444. The number of esters is 1. The third kappa shape index (κ3) is 3.00. The van der Waals surface area contributed by atoms with Gasteiger partial charge in [-0.1, -0.05) is 0 Å². The van der Waals surface area contributed by atoms with Crippen molar-refractivity contribution in [3.8, 4) is 0 Å². The largest absolute Gasteiger partial charge is 0.457 e. The van der Waals surface area contributed by atoms with Crippen LogP contribution in [0.3, 0.4) is 0 Å². The molecule has 6 heteroatoms. The topological polar surface area (TPSA) is 39.4 Å². The Kier molecular flexibility index (Phi) is 3.06. The van der Waals surface area contributed by atoms with Crippen molar-refractivity contribution in [2.24, 2.45) is 0 Å². The average molecular weight is 222 g/mol. The number of carbonyl (C=O) groups excluding carboxylic acids is 1. The first kappa shape index (κ1) is 11.6. The van der Waals surface area contributed by atoms with Gasteiger partial charge in [-0.15, -0.1) is 0 Å². The van der Waals surface area contributed by atoms with Gasteiger partial charge < -0.3 is 9.15 Å². The predicted octanol–water partition coefficient (Wildman–Crippen LogP) is 2.86. The Morgan fingerprint density at radius 1 is 1.47 bits per heavy atom. The summed E-state index contributed by atoms with van der Waals surface area (Å²) in [4.78, 5) is 11.1. The maximum Gasteiger partial charge on any atom is 0.419 e. The van der Waals surface area contributed by atoms with E-state index in [4.69, 9.17) is 0 Å². The van der Waals surface area contributed by atoms with E-state index in [9.17, 15) is 18.0 Å². The zero-order valence-electron chi connectivity index (χ0n) is 8.09. The minimum Gasteiger partial charge on any atom is -0.457 e. The number of hydrogen-bond donors (Lipinski definition) is 0. The van der Waals surface area contributed by atoms with E-state index in [1.54, 1.807) is 13.8 Å². The first-order chi connectivity index (χ1) is 6.80. The monoisotopic (exact) mass is 222 g/mol. The quantitative estimate of drug-likeness (QED) is 0.722. The standard InChI is InChI=1S/C9H9F3O3/c1-5(2)15-8(13)7-3-6(4-14-7)9(10,11)12/h3-5H,1-2H3. The molecule has 1 heterocycles. The molecule has 15 heavy (non-hydrogen) atoms. The zero-order chi connectivity index (χ0) is 11.6. The Labute approximate surface area is 83.8 Å². The van der Waals surface area contributed by atoms with Crippen LogP contribution in [0.5, 0.6) is 0 Å². The molecule has 0 aliphatic heterocycles. The van der Waals surface area contributed by atoms with Crippen LogP contribution >= 0.6 is 0 Å². The molecule has 0 spiro atoms. The van der Waals surface area contributed by atoms with E-state index in [0.29, 0.717) is 12.3 Å². The average Bonchev–Trinajstić information content (AvgIpc) is 2.48. The molecule has 0 aliphatic rings. The Morgan fingerprint density at radius 2 is 2.07 bits per heavy atom. The highest BCUT2D eigenvalue weighted by Gasteiger charge is 2.33. The summed E-state index contributed by atoms with van der Waals surface area (Å²) >= 11 is 0. The fourth-order valence-electron chi connectivity index (χ4n) is 0.864. The van der Waals surface area contributed by atoms with Crippen molar-refractivity contribution >= 4 is 5.97 Å². The van der Waals surface area contributed by atoms with Gasteiger partial charge in [0.25, 0.3) is 0 Å². The smallest absolute Gasteiger partial charge is 0.419 e. The molecule has 0 saturated heterocycles. The molecule has 0 aliphatic carbocycles. The number of rotatable bonds is 2. The Balaban J connectivity index is 2.81. The van der Waals surface area contributed by atoms with E-state index in [1.807, 2.05) is 0 Å². The minimum absolute atomic E-state index is 0.406. The summed E-state index contributed by atoms with van der Waals surface area (Å²) in [5, 5.41) is 0. The minimum atomic E-state index is -4.51. The molecule has 84 valence electrons. The highest BCUT2D eigenvalue weighted by Crippen LogP contribution is 2.30. The second-order valence-electron chi connectivity index (χ2n) is 3.15. The van der Waals surface area contributed by atoms with Crippen LogP contribution in [-0.2, 0) is 10.9 Å². The zero-order valence-corrected chi connectivity index (χ0v) is 8.09. The molecule has 0 aromatic carbocycles. The van der Waals surface area contributed by atoms with Crippen LogP contribution in [0.15, 0.2) is 16.7 Å². The second kappa shape index (κ2) is 3.96. The van der Waals surface area contributed by atoms with Crippen molar-refractivity contribution in [2.75, 3.05) is 0 Å². The van der Waals surface area contributed by atoms with Gasteiger partial charge >= 0.3 is 12.1 Å². The van der Waals surface area contributed by atoms with Crippen LogP contribution in [0.25, 0.3) is 0 Å². The van der Waals surface area contributed by atoms with Crippen LogP contribution < -0.4 is 0 Å². The summed E-state index contributed by atoms with van der Waals surface area (Å²) in [7, 11) is 0. The predicted molar refractivity (Wildman–Crippen MR) is 44.3 cm³/mol. The summed E-state index contributed by atoms with van der Waals surface area (Å²) < 4.78 is 45.5. The normalized spacial score (nSPS) is 11.9. The van der Waals surface area contributed by atoms with Crippen molar-refractivity contribution in [1.82, 2.24) is 0 Å². The summed E-state index contributed by atoms with van der Waals surface area (Å²) in [5.74, 6) is -1.35. The summed E-state index contributed by atoms with van der Waals surface area (Å²) in [6.45, 7) is 3.18. The van der Waals surface area contributed by atoms with E-state index in [0.717, 1.165) is 0 Å². The molecule has 0 saturated carbocycles. The van der Waals surface area contributed by atoms with Crippen molar-refractivity contribution in [2.45, 2.75) is 26.1 Å². The van der Waals surface area contributed by atoms with Crippen LogP contribution in [0.1, 0.15) is 30.0 Å². The maximum absolute atomic E-state index is 12.1. The third-order valence-corrected chi connectivity index (χ3v) is 1.47. The molecule has 0 amide bonds. The van der Waals surface area contributed by atoms with E-state index in [2.05, 4.69) is 9.15 Å². The van der Waals surface area contributed by atoms with Crippen molar-refractivity contribution in [3.05, 3.63) is 23.7 Å². The molecule has 0 bridgehead atoms. The lowest BCUT2D eigenvalue weighted by Gasteiger charge is -2.04. The first-order valence-electron chi connectivity index (χ1n) is 4.17. The number of furan rings is 1. The van der Waals surface area contributed by atoms with Gasteiger partial charge in [0.15, 0.2) is 0 Å². The van der Waals surface area contributed by atoms with Crippen LogP contribution in [0, 0.1) is 0 Å². The molecular weight excluding hydrogens is 213 g/mol. The summed E-state index contributed by atoms with van der Waals surface area (Å²) in [6, 6.07) is 0.616. The summed E-state index contributed by atoms with van der Waals surface area (Å²) in [6.07, 6.45) is -4.44. The van der Waals surface area contributed by atoms with Gasteiger partial charge in [-0.2, -0.15) is 13.2 Å². The first-order valence-corrected chi connectivity index (χ1v) is 4.17. The fourth-order valence-corrected chi connectivity index (χ4v) is 0.864. The van der Waals surface area contributed by atoms with E-state index in [1.165, 1.54) is 0 Å². The van der Waals surface area contributed by atoms with Crippen molar-refractivity contribution in [1.29, 1.82) is 0 Å². The van der Waals surface area contributed by atoms with E-state index >= 15 is 0 Å². The van der Waals surface area contributed by atoms with E-state index < -0.39 is 29.6 Å². The molecule has 1 rings (SSSR count). The van der Waals surface area contributed by atoms with Gasteiger partial charge in [-0.05, 0) is 13.8 Å². The maximum atomic E-state index is 12.1. The van der Waals surface area contributed by atoms with Gasteiger partial charge in [-0.25, -0.2) is 4.79 Å². The lowest BCUT2D eigenvalue weighted by atomic mass is 10.3. The second-order valence-corrected chi connectivity index (χ2v) is 3.15. The van der Waals surface area contributed by atoms with Gasteiger partial charge in [0, 0.05) is 6.07 Å². The molecule has 1 aromatic rings. The third-order valence-electron chi connectivity index (χ3n) is 1.47. The van der Waals surface area contributed by atoms with Gasteiger partial charge in [0.2, 0.25) is 5.76 Å². The van der Waals surface area contributed by atoms with Crippen LogP contribution in [0.4, 0.5) is 13.2 Å². The lowest BCUT2D eigenvalue weighted by Crippen LogP contribution is -2.11. The molecule has 0 atom stereocenters. The van der Waals surface area contributed by atoms with Gasteiger partial charge in [0.05, 0.1) is 11.7 Å². The van der Waals surface area contributed by atoms with Gasteiger partial charge in [0.1, 0.15) is 6.26 Å².